The van der Waals surface area contributed by atoms with Gasteiger partial charge in [-0.3, -0.25) is 0 Å². The molecule has 24 heavy (non-hydrogen) atoms. The van der Waals surface area contributed by atoms with Crippen LogP contribution in [0.25, 0.3) is 0 Å². The van der Waals surface area contributed by atoms with E-state index in [1.807, 2.05) is 0 Å². The predicted octanol–water partition coefficient (Wildman–Crippen LogP) is -1.88. The molecule has 0 aromatic heterocycles. The van der Waals surface area contributed by atoms with Crippen LogP contribution in [0.15, 0.2) is 68.5 Å². The molecule has 0 spiro atoms. The maximum atomic E-state index is 5.92. The molecule has 4 rings (SSSR count). The molecule has 2 aliphatic carbocycles. The van der Waals surface area contributed by atoms with E-state index in [2.05, 4.69) is 51.2 Å². The topological polar surface area (TPSA) is 18.5 Å². The molecule has 0 radical (unpaired) electrons. The summed E-state index contributed by atoms with van der Waals surface area (Å²) in [5.41, 5.74) is 5.28. The first-order valence-corrected chi connectivity index (χ1v) is 10.5. The summed E-state index contributed by atoms with van der Waals surface area (Å²) in [5.74, 6) is 2.25. The molecule has 2 heterocycles. The van der Waals surface area contributed by atoms with Gasteiger partial charge in [-0.2, -0.15) is 0 Å². The van der Waals surface area contributed by atoms with Crippen molar-refractivity contribution >= 4 is 8.07 Å². The Morgan fingerprint density at radius 2 is 1.17 bits per heavy atom. The molecule has 0 atom stereocenters. The number of ether oxygens (including phenoxy) is 2. The number of rotatable bonds is 2. The van der Waals surface area contributed by atoms with Crippen LogP contribution in [0.1, 0.15) is 13.8 Å². The minimum atomic E-state index is -1.84. The van der Waals surface area contributed by atoms with Crippen molar-refractivity contribution in [1.82, 2.24) is 0 Å². The van der Waals surface area contributed by atoms with Gasteiger partial charge in [0.1, 0.15) is 32.8 Å². The van der Waals surface area contributed by atoms with Gasteiger partial charge in [0, 0.05) is 11.1 Å². The molecule has 0 amide bonds. The monoisotopic (exact) mass is 456 g/mol. The zero-order valence-electron chi connectivity index (χ0n) is 14.3. The van der Waals surface area contributed by atoms with E-state index in [4.69, 9.17) is 9.47 Å². The van der Waals surface area contributed by atoms with E-state index in [0.29, 0.717) is 13.2 Å². The Balaban J connectivity index is 0.000000960. The van der Waals surface area contributed by atoms with Gasteiger partial charge >= 0.3 is 26.2 Å². The van der Waals surface area contributed by atoms with Crippen molar-refractivity contribution in [1.29, 1.82) is 0 Å². The van der Waals surface area contributed by atoms with Crippen LogP contribution in [0, 0.1) is 0 Å². The first-order chi connectivity index (χ1) is 10.00. The van der Waals surface area contributed by atoms with Gasteiger partial charge in [-0.05, 0) is 59.7 Å². The van der Waals surface area contributed by atoms with Crippen molar-refractivity contribution in [3.05, 3.63) is 68.5 Å². The number of fused-ring (bicyclic) bond motifs is 2. The van der Waals surface area contributed by atoms with Gasteiger partial charge in [0.2, 0.25) is 0 Å². The van der Waals surface area contributed by atoms with E-state index < -0.39 is 8.07 Å². The number of hydrogen-bond donors (Lipinski definition) is 0. The first kappa shape index (κ1) is 21.8. The smallest absolute Gasteiger partial charge is 1.00 e. The zero-order valence-corrected chi connectivity index (χ0v) is 19.3. The Bertz CT molecular complexity index is 693. The third-order valence-electron chi connectivity index (χ3n) is 4.82. The van der Waals surface area contributed by atoms with Crippen LogP contribution in [0.3, 0.4) is 0 Å². The third-order valence-corrected chi connectivity index (χ3v) is 8.57. The van der Waals surface area contributed by atoms with Crippen LogP contribution >= 0.6 is 0 Å². The fourth-order valence-electron chi connectivity index (χ4n) is 4.11. The maximum Gasteiger partial charge on any atom is 2.00 e. The number of allylic oxidation sites excluding steroid dienone is 6. The van der Waals surface area contributed by atoms with Crippen LogP contribution in [0.4, 0.5) is 0 Å². The molecule has 2 aliphatic heterocycles. The second-order valence-electron chi connectivity index (χ2n) is 6.63. The Kier molecular flexibility index (Phi) is 6.83. The van der Waals surface area contributed by atoms with Crippen LogP contribution in [-0.2, 0) is 35.7 Å². The molecule has 6 heteroatoms. The summed E-state index contributed by atoms with van der Waals surface area (Å²) >= 11 is 0. The maximum absolute atomic E-state index is 5.92. The molecule has 2 nitrogen and oxygen atoms in total. The summed E-state index contributed by atoms with van der Waals surface area (Å²) < 4.78 is 11.8. The Labute approximate surface area is 176 Å². The van der Waals surface area contributed by atoms with E-state index in [9.17, 15) is 0 Å². The van der Waals surface area contributed by atoms with Crippen molar-refractivity contribution in [2.75, 3.05) is 13.2 Å². The molecule has 0 N–H and O–H groups in total. The van der Waals surface area contributed by atoms with Gasteiger partial charge < -0.3 is 34.3 Å². The minimum Gasteiger partial charge on any atom is -1.00 e. The van der Waals surface area contributed by atoms with E-state index in [1.54, 1.807) is 0 Å². The summed E-state index contributed by atoms with van der Waals surface area (Å²) in [5, 5.41) is 2.89. The van der Waals surface area contributed by atoms with Gasteiger partial charge in [0.05, 0.1) is 0 Å². The number of halogens is 2. The molecule has 0 saturated heterocycles. The molecule has 0 aromatic rings. The van der Waals surface area contributed by atoms with E-state index in [-0.39, 0.29) is 51.0 Å². The van der Waals surface area contributed by atoms with Gasteiger partial charge in [-0.15, -0.1) is 0 Å². The van der Waals surface area contributed by atoms with E-state index >= 15 is 0 Å². The van der Waals surface area contributed by atoms with Crippen LogP contribution in [0.5, 0.6) is 0 Å². The largest absolute Gasteiger partial charge is 2.00 e. The zero-order chi connectivity index (χ0) is 14.8. The Morgan fingerprint density at radius 3 is 1.54 bits per heavy atom. The average molecular weight is 459 g/mol. The Hall–Kier alpha value is -0.280. The van der Waals surface area contributed by atoms with Gasteiger partial charge in [0.15, 0.2) is 0 Å². The van der Waals surface area contributed by atoms with E-state index in [0.717, 1.165) is 11.5 Å². The molecular weight excluding hydrogens is 438 g/mol. The second kappa shape index (κ2) is 7.53. The summed E-state index contributed by atoms with van der Waals surface area (Å²) in [4.78, 5) is 0. The quantitative estimate of drug-likeness (QED) is 0.451. The summed E-state index contributed by atoms with van der Waals surface area (Å²) in [6.07, 6.45) is 8.92. The van der Waals surface area contributed by atoms with Crippen molar-refractivity contribution in [2.24, 2.45) is 0 Å². The first-order valence-electron chi connectivity index (χ1n) is 7.53. The summed E-state index contributed by atoms with van der Waals surface area (Å²) in [7, 11) is -1.84. The SMILES string of the molecule is CC1=CC2=CCOC2=C1[Si](C)(C)C1=C2OCC=C2C=C1C.[Cl-].[Cl-].[Zr+2]. The fraction of sp³-hybridized carbons (Fsp3) is 0.333. The molecule has 0 aromatic carbocycles. The van der Waals surface area contributed by atoms with Crippen LogP contribution in [0.2, 0.25) is 13.1 Å². The minimum absolute atomic E-state index is 0. The summed E-state index contributed by atoms with van der Waals surface area (Å²) in [6.45, 7) is 10.7. The molecule has 4 aliphatic rings. The average Bonchev–Trinajstić information content (AvgIpc) is 3.07. The van der Waals surface area contributed by atoms with Crippen LogP contribution < -0.4 is 24.8 Å². The molecular formula is C18H20Cl2O2SiZr. The van der Waals surface area contributed by atoms with Crippen molar-refractivity contribution in [3.8, 4) is 0 Å². The van der Waals surface area contributed by atoms with Crippen LogP contribution in [-0.4, -0.2) is 21.3 Å². The standard InChI is InChI=1S/C18H20O2Si.2ClH.Zr/c1-11-9-13-5-7-19-15(13)17(11)21(3,4)18-12(2)10-14-6-8-20-16(14)18;;;/h5-6,9-10H,7-8H2,1-4H3;2*1H;/q;;;+2/p-2. The molecule has 126 valence electrons. The molecule has 0 unspecified atom stereocenters. The molecule has 0 fully saturated rings. The third kappa shape index (κ3) is 3.00. The van der Waals surface area contributed by atoms with Crippen molar-refractivity contribution < 1.29 is 60.5 Å². The second-order valence-corrected chi connectivity index (χ2v) is 10.9. The van der Waals surface area contributed by atoms with Gasteiger partial charge in [-0.1, -0.05) is 13.1 Å². The predicted molar refractivity (Wildman–Crippen MR) is 87.1 cm³/mol. The Morgan fingerprint density at radius 1 is 0.792 bits per heavy atom. The normalized spacial score (nSPS) is 20.5. The molecule has 0 saturated carbocycles. The van der Waals surface area contributed by atoms with E-state index in [1.165, 1.54) is 32.7 Å². The molecule has 0 bridgehead atoms. The van der Waals surface area contributed by atoms with Crippen molar-refractivity contribution in [3.63, 3.8) is 0 Å². The van der Waals surface area contributed by atoms with Crippen molar-refractivity contribution in [2.45, 2.75) is 26.9 Å². The fourth-order valence-corrected chi connectivity index (χ4v) is 8.05. The number of hydrogen-bond acceptors (Lipinski definition) is 2. The van der Waals surface area contributed by atoms with Gasteiger partial charge in [-0.25, -0.2) is 0 Å². The summed E-state index contributed by atoms with van der Waals surface area (Å²) in [6, 6.07) is 0. The van der Waals surface area contributed by atoms with Gasteiger partial charge in [0.25, 0.3) is 0 Å².